The Balaban J connectivity index is 1.47. The lowest BCUT2D eigenvalue weighted by atomic mass is 9.84. The third-order valence-electron chi connectivity index (χ3n) is 6.27. The van der Waals surface area contributed by atoms with Crippen molar-refractivity contribution in [3.8, 4) is 11.1 Å². The number of aromatic carboxylic acids is 1. The van der Waals surface area contributed by atoms with Gasteiger partial charge >= 0.3 is 12.1 Å². The van der Waals surface area contributed by atoms with Crippen LogP contribution in [0.1, 0.15) is 40.4 Å². The van der Waals surface area contributed by atoms with Crippen molar-refractivity contribution < 1.29 is 28.2 Å². The maximum atomic E-state index is 12.9. The van der Waals surface area contributed by atoms with E-state index in [1.165, 1.54) is 12.1 Å². The van der Waals surface area contributed by atoms with Crippen LogP contribution in [0.15, 0.2) is 72.8 Å². The Kier molecular flexibility index (Phi) is 6.42. The van der Waals surface area contributed by atoms with Crippen LogP contribution < -0.4 is 4.90 Å². The molecule has 0 aliphatic carbocycles. The molecule has 3 aromatic rings. The van der Waals surface area contributed by atoms with Crippen molar-refractivity contribution in [3.05, 3.63) is 89.5 Å². The summed E-state index contributed by atoms with van der Waals surface area (Å²) in [6.07, 6.45) is -3.65. The zero-order chi connectivity index (χ0) is 23.6. The lowest BCUT2D eigenvalue weighted by molar-refractivity contribution is -0.137. The van der Waals surface area contributed by atoms with E-state index in [-0.39, 0.29) is 11.5 Å². The molecule has 172 valence electrons. The summed E-state index contributed by atoms with van der Waals surface area (Å²) in [6, 6.07) is 19.0. The molecule has 7 heteroatoms. The second-order valence-corrected chi connectivity index (χ2v) is 8.28. The zero-order valence-electron chi connectivity index (χ0n) is 17.8. The lowest BCUT2D eigenvalue weighted by Gasteiger charge is -2.36. The van der Waals surface area contributed by atoms with E-state index in [4.69, 9.17) is 5.11 Å². The van der Waals surface area contributed by atoms with E-state index in [2.05, 4.69) is 4.90 Å². The maximum Gasteiger partial charge on any atom is 0.416 e. The van der Waals surface area contributed by atoms with Crippen LogP contribution in [0.5, 0.6) is 0 Å². The minimum absolute atomic E-state index is 0.00939. The number of piperidine rings is 1. The largest absolute Gasteiger partial charge is 0.478 e. The lowest BCUT2D eigenvalue weighted by Crippen LogP contribution is -2.35. The summed E-state index contributed by atoms with van der Waals surface area (Å²) in [6.45, 7) is 1.44. The highest BCUT2D eigenvalue weighted by Gasteiger charge is 2.31. The number of carbonyl (C=O) groups is 1. The summed E-state index contributed by atoms with van der Waals surface area (Å²) in [5.41, 5.74) is 2.55. The highest BCUT2D eigenvalue weighted by atomic mass is 19.4. The van der Waals surface area contributed by atoms with Crippen molar-refractivity contribution in [2.45, 2.75) is 25.1 Å². The van der Waals surface area contributed by atoms with Crippen LogP contribution in [-0.4, -0.2) is 29.3 Å². The van der Waals surface area contributed by atoms with Crippen molar-refractivity contribution >= 4 is 11.7 Å². The molecule has 1 heterocycles. The van der Waals surface area contributed by atoms with Crippen LogP contribution in [0.3, 0.4) is 0 Å². The quantitative estimate of drug-likeness (QED) is 0.494. The van der Waals surface area contributed by atoms with E-state index in [9.17, 15) is 23.1 Å². The first kappa shape index (κ1) is 22.9. The number of anilines is 1. The van der Waals surface area contributed by atoms with Gasteiger partial charge in [0.15, 0.2) is 0 Å². The van der Waals surface area contributed by atoms with Gasteiger partial charge in [-0.05, 0) is 71.8 Å². The monoisotopic (exact) mass is 455 g/mol. The molecule has 0 radical (unpaired) electrons. The third-order valence-corrected chi connectivity index (χ3v) is 6.27. The fraction of sp³-hybridized carbons (Fsp3) is 0.269. The number of alkyl halides is 3. The van der Waals surface area contributed by atoms with Gasteiger partial charge in [0.25, 0.3) is 0 Å². The van der Waals surface area contributed by atoms with E-state index >= 15 is 0 Å². The average Bonchev–Trinajstić information content (AvgIpc) is 2.83. The van der Waals surface area contributed by atoms with Gasteiger partial charge in [0.05, 0.1) is 17.2 Å². The van der Waals surface area contributed by atoms with Gasteiger partial charge < -0.3 is 15.1 Å². The van der Waals surface area contributed by atoms with Gasteiger partial charge in [0.1, 0.15) is 0 Å². The second-order valence-electron chi connectivity index (χ2n) is 8.28. The zero-order valence-corrected chi connectivity index (χ0v) is 17.8. The molecule has 3 aromatic carbocycles. The molecule has 33 heavy (non-hydrogen) atoms. The molecule has 0 saturated carbocycles. The molecule has 1 atom stereocenters. The average molecular weight is 455 g/mol. The summed E-state index contributed by atoms with van der Waals surface area (Å²) < 4.78 is 38.7. The van der Waals surface area contributed by atoms with E-state index < -0.39 is 23.8 Å². The van der Waals surface area contributed by atoms with Gasteiger partial charge in [-0.15, -0.1) is 0 Å². The first-order valence-electron chi connectivity index (χ1n) is 10.8. The van der Waals surface area contributed by atoms with E-state index in [1.54, 1.807) is 24.3 Å². The summed E-state index contributed by atoms with van der Waals surface area (Å²) >= 11 is 0. The number of carboxylic acid groups (broad SMARTS) is 1. The Hall–Kier alpha value is -3.32. The van der Waals surface area contributed by atoms with E-state index in [0.29, 0.717) is 11.1 Å². The number of nitrogens with zero attached hydrogens (tertiary/aromatic N) is 1. The number of aliphatic hydroxyl groups excluding tert-OH is 1. The Morgan fingerprint density at radius 3 is 2.09 bits per heavy atom. The number of aliphatic hydroxyl groups is 1. The minimum atomic E-state index is -4.39. The fourth-order valence-electron chi connectivity index (χ4n) is 4.40. The van der Waals surface area contributed by atoms with Crippen molar-refractivity contribution in [1.82, 2.24) is 0 Å². The molecule has 1 aliphatic rings. The molecule has 1 aliphatic heterocycles. The predicted octanol–water partition coefficient (Wildman–Crippen LogP) is 6.02. The predicted molar refractivity (Wildman–Crippen MR) is 120 cm³/mol. The third kappa shape index (κ3) is 5.03. The highest BCUT2D eigenvalue weighted by molar-refractivity contribution is 5.88. The van der Waals surface area contributed by atoms with Crippen molar-refractivity contribution in [2.24, 2.45) is 5.92 Å². The molecule has 1 fully saturated rings. The normalized spacial score (nSPS) is 15.9. The topological polar surface area (TPSA) is 60.8 Å². The van der Waals surface area contributed by atoms with Crippen molar-refractivity contribution in [1.29, 1.82) is 0 Å². The molecule has 0 aromatic heterocycles. The van der Waals surface area contributed by atoms with Gasteiger partial charge in [0, 0.05) is 18.8 Å². The van der Waals surface area contributed by atoms with E-state index in [0.717, 1.165) is 49.3 Å². The summed E-state index contributed by atoms with van der Waals surface area (Å²) in [5.74, 6) is -0.953. The van der Waals surface area contributed by atoms with Gasteiger partial charge in [-0.3, -0.25) is 0 Å². The molecule has 0 amide bonds. The number of benzene rings is 3. The molecule has 0 bridgehead atoms. The first-order valence-corrected chi connectivity index (χ1v) is 10.8. The molecule has 0 spiro atoms. The van der Waals surface area contributed by atoms with Gasteiger partial charge in [-0.2, -0.15) is 13.2 Å². The molecular formula is C26H24F3NO3. The van der Waals surface area contributed by atoms with Crippen LogP contribution >= 0.6 is 0 Å². The highest BCUT2D eigenvalue weighted by Crippen LogP contribution is 2.38. The smallest absolute Gasteiger partial charge is 0.416 e. The molecule has 4 rings (SSSR count). The molecule has 0 unspecified atom stereocenters. The van der Waals surface area contributed by atoms with Crippen LogP contribution in [-0.2, 0) is 6.18 Å². The van der Waals surface area contributed by atoms with E-state index in [1.807, 2.05) is 24.3 Å². The summed E-state index contributed by atoms with van der Waals surface area (Å²) in [5, 5.41) is 20.2. The molecule has 4 nitrogen and oxygen atoms in total. The van der Waals surface area contributed by atoms with Crippen LogP contribution in [0.25, 0.3) is 11.1 Å². The maximum absolute atomic E-state index is 12.9. The number of halogens is 3. The Labute approximate surface area is 189 Å². The number of rotatable bonds is 5. The van der Waals surface area contributed by atoms with Gasteiger partial charge in [-0.1, -0.05) is 36.4 Å². The number of hydrogen-bond acceptors (Lipinski definition) is 3. The summed E-state index contributed by atoms with van der Waals surface area (Å²) in [4.78, 5) is 13.2. The van der Waals surface area contributed by atoms with Crippen LogP contribution in [0.2, 0.25) is 0 Å². The van der Waals surface area contributed by atoms with Crippen LogP contribution in [0.4, 0.5) is 18.9 Å². The second kappa shape index (κ2) is 9.27. The van der Waals surface area contributed by atoms with Crippen LogP contribution in [0, 0.1) is 5.92 Å². The Morgan fingerprint density at radius 2 is 1.52 bits per heavy atom. The fourth-order valence-corrected chi connectivity index (χ4v) is 4.40. The van der Waals surface area contributed by atoms with Crippen molar-refractivity contribution in [2.75, 3.05) is 18.0 Å². The van der Waals surface area contributed by atoms with Gasteiger partial charge in [0.2, 0.25) is 0 Å². The standard InChI is InChI=1S/C26H24F3NO3/c27-26(28,29)20-9-5-17(6-10-20)22-3-1-2-4-23(22)24(31)18-13-15-30(16-14-18)21-11-7-19(8-12-21)25(32)33/h1-12,18,24,31H,13-16H2,(H,32,33)/t24-/m0/s1. The van der Waals surface area contributed by atoms with Gasteiger partial charge in [-0.25, -0.2) is 4.79 Å². The molecule has 2 N–H and O–H groups in total. The SMILES string of the molecule is O=C(O)c1ccc(N2CCC([C@H](O)c3ccccc3-c3ccc(C(F)(F)F)cc3)CC2)cc1. The first-order chi connectivity index (χ1) is 15.7. The van der Waals surface area contributed by atoms with Crippen molar-refractivity contribution in [3.63, 3.8) is 0 Å². The Morgan fingerprint density at radius 1 is 0.909 bits per heavy atom. The Bertz CT molecular complexity index is 1100. The minimum Gasteiger partial charge on any atom is -0.478 e. The summed E-state index contributed by atoms with van der Waals surface area (Å²) in [7, 11) is 0. The molecular weight excluding hydrogens is 431 g/mol. The number of carboxylic acids is 1. The number of hydrogen-bond donors (Lipinski definition) is 2. The molecule has 1 saturated heterocycles.